The highest BCUT2D eigenvalue weighted by Crippen LogP contribution is 2.36. The van der Waals surface area contributed by atoms with Crippen molar-refractivity contribution in [2.45, 2.75) is 24.7 Å². The number of thioether (sulfide) groups is 1. The molecule has 1 aromatic carbocycles. The third kappa shape index (κ3) is 2.38. The van der Waals surface area contributed by atoms with Crippen molar-refractivity contribution in [3.05, 3.63) is 41.3 Å². The van der Waals surface area contributed by atoms with Crippen molar-refractivity contribution in [2.75, 3.05) is 0 Å². The molecule has 0 aromatic heterocycles. The molecule has 0 fully saturated rings. The standard InChI is InChI=1S/C12H14S/c1-10-7-8-12(9-10)13-11-5-3-2-4-6-11/h2-6,9-10H,7-8H2,1H3. The van der Waals surface area contributed by atoms with E-state index in [0.717, 1.165) is 5.92 Å². The molecule has 1 aromatic rings. The average Bonchev–Trinajstić information content (AvgIpc) is 2.53. The summed E-state index contributed by atoms with van der Waals surface area (Å²) in [6, 6.07) is 10.6. The quantitative estimate of drug-likeness (QED) is 0.676. The summed E-state index contributed by atoms with van der Waals surface area (Å²) in [6.45, 7) is 2.29. The van der Waals surface area contributed by atoms with E-state index in [4.69, 9.17) is 0 Å². The molecule has 68 valence electrons. The van der Waals surface area contributed by atoms with E-state index in [1.54, 1.807) is 4.91 Å². The predicted octanol–water partition coefficient (Wildman–Crippen LogP) is 4.09. The van der Waals surface area contributed by atoms with E-state index >= 15 is 0 Å². The normalized spacial score (nSPS) is 21.6. The summed E-state index contributed by atoms with van der Waals surface area (Å²) >= 11 is 1.92. The predicted molar refractivity (Wildman–Crippen MR) is 58.8 cm³/mol. The van der Waals surface area contributed by atoms with Gasteiger partial charge in [0.25, 0.3) is 0 Å². The van der Waals surface area contributed by atoms with Crippen LogP contribution in [0.5, 0.6) is 0 Å². The second kappa shape index (κ2) is 4.01. The zero-order valence-electron chi connectivity index (χ0n) is 7.86. The van der Waals surface area contributed by atoms with Gasteiger partial charge in [-0.15, -0.1) is 0 Å². The van der Waals surface area contributed by atoms with E-state index in [0.29, 0.717) is 0 Å². The molecule has 1 unspecified atom stereocenters. The SMILES string of the molecule is CC1C=C(Sc2ccccc2)CC1. The second-order valence-corrected chi connectivity index (χ2v) is 4.76. The first-order valence-electron chi connectivity index (χ1n) is 4.78. The highest BCUT2D eigenvalue weighted by atomic mass is 32.2. The van der Waals surface area contributed by atoms with E-state index in [1.807, 2.05) is 11.8 Å². The van der Waals surface area contributed by atoms with Gasteiger partial charge in [0.1, 0.15) is 0 Å². The van der Waals surface area contributed by atoms with Crippen LogP contribution in [-0.4, -0.2) is 0 Å². The van der Waals surface area contributed by atoms with Gasteiger partial charge in [-0.2, -0.15) is 0 Å². The van der Waals surface area contributed by atoms with Gasteiger partial charge in [-0.1, -0.05) is 43.0 Å². The van der Waals surface area contributed by atoms with Gasteiger partial charge in [0, 0.05) is 4.90 Å². The molecule has 0 aliphatic heterocycles. The van der Waals surface area contributed by atoms with Crippen molar-refractivity contribution in [1.29, 1.82) is 0 Å². The van der Waals surface area contributed by atoms with Gasteiger partial charge in [-0.05, 0) is 35.8 Å². The number of allylic oxidation sites excluding steroid dienone is 2. The third-order valence-corrected chi connectivity index (χ3v) is 3.42. The van der Waals surface area contributed by atoms with Gasteiger partial charge >= 0.3 is 0 Å². The van der Waals surface area contributed by atoms with Crippen LogP contribution in [0.25, 0.3) is 0 Å². The Hall–Kier alpha value is -0.690. The van der Waals surface area contributed by atoms with E-state index in [1.165, 1.54) is 17.7 Å². The van der Waals surface area contributed by atoms with E-state index in [9.17, 15) is 0 Å². The molecule has 0 saturated carbocycles. The van der Waals surface area contributed by atoms with Crippen LogP contribution in [0.4, 0.5) is 0 Å². The second-order valence-electron chi connectivity index (χ2n) is 3.56. The number of rotatable bonds is 2. The molecule has 1 heteroatoms. The van der Waals surface area contributed by atoms with Gasteiger partial charge in [-0.25, -0.2) is 0 Å². The van der Waals surface area contributed by atoms with Crippen LogP contribution in [-0.2, 0) is 0 Å². The Morgan fingerprint density at radius 1 is 1.23 bits per heavy atom. The van der Waals surface area contributed by atoms with E-state index in [2.05, 4.69) is 43.3 Å². The van der Waals surface area contributed by atoms with Crippen molar-refractivity contribution in [2.24, 2.45) is 5.92 Å². The molecule has 0 N–H and O–H groups in total. The van der Waals surface area contributed by atoms with E-state index in [-0.39, 0.29) is 0 Å². The molecule has 1 aliphatic carbocycles. The summed E-state index contributed by atoms with van der Waals surface area (Å²) in [4.78, 5) is 2.90. The lowest BCUT2D eigenvalue weighted by molar-refractivity contribution is 0.701. The van der Waals surface area contributed by atoms with Crippen molar-refractivity contribution in [3.8, 4) is 0 Å². The maximum atomic E-state index is 2.40. The summed E-state index contributed by atoms with van der Waals surface area (Å²) in [5.74, 6) is 0.784. The monoisotopic (exact) mass is 190 g/mol. The van der Waals surface area contributed by atoms with E-state index < -0.39 is 0 Å². The molecule has 1 atom stereocenters. The fourth-order valence-corrected chi connectivity index (χ4v) is 2.70. The summed E-state index contributed by atoms with van der Waals surface area (Å²) in [5.41, 5.74) is 0. The zero-order valence-corrected chi connectivity index (χ0v) is 8.68. The molecule has 0 spiro atoms. The van der Waals surface area contributed by atoms with Gasteiger partial charge in [-0.3, -0.25) is 0 Å². The minimum absolute atomic E-state index is 0.784. The van der Waals surface area contributed by atoms with Crippen LogP contribution in [0.15, 0.2) is 46.2 Å². The zero-order chi connectivity index (χ0) is 9.10. The molecular formula is C12H14S. The third-order valence-electron chi connectivity index (χ3n) is 2.31. The highest BCUT2D eigenvalue weighted by molar-refractivity contribution is 8.03. The molecule has 0 nitrogen and oxygen atoms in total. The molecule has 0 saturated heterocycles. The van der Waals surface area contributed by atoms with Crippen molar-refractivity contribution >= 4 is 11.8 Å². The molecule has 0 radical (unpaired) electrons. The molecule has 0 amide bonds. The summed E-state index contributed by atoms with van der Waals surface area (Å²) in [6.07, 6.45) is 4.99. The first-order chi connectivity index (χ1) is 6.34. The van der Waals surface area contributed by atoms with Gasteiger partial charge in [0.2, 0.25) is 0 Å². The Bertz CT molecular complexity index is 300. The van der Waals surface area contributed by atoms with Gasteiger partial charge in [0.15, 0.2) is 0 Å². The fraction of sp³-hybridized carbons (Fsp3) is 0.333. The Morgan fingerprint density at radius 2 is 2.00 bits per heavy atom. The Morgan fingerprint density at radius 3 is 2.62 bits per heavy atom. The topological polar surface area (TPSA) is 0 Å². The van der Waals surface area contributed by atoms with Crippen molar-refractivity contribution < 1.29 is 0 Å². The van der Waals surface area contributed by atoms with Crippen LogP contribution < -0.4 is 0 Å². The van der Waals surface area contributed by atoms with Crippen LogP contribution in [0.2, 0.25) is 0 Å². The lowest BCUT2D eigenvalue weighted by atomic mass is 10.2. The Labute approximate surface area is 84.0 Å². The number of hydrogen-bond acceptors (Lipinski definition) is 1. The molecule has 0 bridgehead atoms. The lowest BCUT2D eigenvalue weighted by Crippen LogP contribution is -1.76. The number of hydrogen-bond donors (Lipinski definition) is 0. The van der Waals surface area contributed by atoms with Crippen LogP contribution in [0, 0.1) is 5.92 Å². The van der Waals surface area contributed by atoms with Gasteiger partial charge < -0.3 is 0 Å². The smallest absolute Gasteiger partial charge is 0.0118 e. The largest absolute Gasteiger partial charge is 0.0949 e. The minimum atomic E-state index is 0.784. The average molecular weight is 190 g/mol. The lowest BCUT2D eigenvalue weighted by Gasteiger charge is -2.00. The minimum Gasteiger partial charge on any atom is -0.0949 e. The molecule has 13 heavy (non-hydrogen) atoms. The van der Waals surface area contributed by atoms with Crippen LogP contribution >= 0.6 is 11.8 Å². The Balaban J connectivity index is 2.03. The molecule has 0 heterocycles. The molecular weight excluding hydrogens is 176 g/mol. The van der Waals surface area contributed by atoms with Crippen molar-refractivity contribution in [3.63, 3.8) is 0 Å². The van der Waals surface area contributed by atoms with Crippen molar-refractivity contribution in [1.82, 2.24) is 0 Å². The Kier molecular flexibility index (Phi) is 2.74. The van der Waals surface area contributed by atoms with Crippen LogP contribution in [0.1, 0.15) is 19.8 Å². The summed E-state index contributed by atoms with van der Waals surface area (Å²) in [7, 11) is 0. The molecule has 2 rings (SSSR count). The first kappa shape index (κ1) is 8.89. The molecule has 1 aliphatic rings. The first-order valence-corrected chi connectivity index (χ1v) is 5.60. The highest BCUT2D eigenvalue weighted by Gasteiger charge is 2.11. The van der Waals surface area contributed by atoms with Crippen LogP contribution in [0.3, 0.4) is 0 Å². The van der Waals surface area contributed by atoms with Gasteiger partial charge in [0.05, 0.1) is 0 Å². The maximum absolute atomic E-state index is 2.40. The number of benzene rings is 1. The summed E-state index contributed by atoms with van der Waals surface area (Å²) in [5, 5.41) is 0. The maximum Gasteiger partial charge on any atom is 0.0118 e. The summed E-state index contributed by atoms with van der Waals surface area (Å²) < 4.78 is 0. The fourth-order valence-electron chi connectivity index (χ4n) is 1.58.